The molecule has 6 heteroatoms. The van der Waals surface area contributed by atoms with Gasteiger partial charge in [-0.2, -0.15) is 0 Å². The molecule has 1 heterocycles. The molecule has 90 valence electrons. The van der Waals surface area contributed by atoms with E-state index in [1.54, 1.807) is 17.3 Å². The standard InChI is InChI=1S/C11H13N3OS2/c1-7(2)15-10-5-8(3-4-9(10)12)17-11-14-13-6-16-11/h3-7H,12H2,1-2H3. The third kappa shape index (κ3) is 3.34. The van der Waals surface area contributed by atoms with Gasteiger partial charge in [-0.1, -0.05) is 23.1 Å². The van der Waals surface area contributed by atoms with Crippen LogP contribution in [0.25, 0.3) is 0 Å². The molecule has 17 heavy (non-hydrogen) atoms. The average Bonchev–Trinajstić information content (AvgIpc) is 2.75. The van der Waals surface area contributed by atoms with Gasteiger partial charge in [0, 0.05) is 4.90 Å². The molecule has 0 radical (unpaired) electrons. The Hall–Kier alpha value is -1.27. The Balaban J connectivity index is 2.18. The van der Waals surface area contributed by atoms with E-state index in [2.05, 4.69) is 10.2 Å². The summed E-state index contributed by atoms with van der Waals surface area (Å²) in [5.74, 6) is 0.717. The van der Waals surface area contributed by atoms with Crippen LogP contribution in [-0.2, 0) is 0 Å². The van der Waals surface area contributed by atoms with Crippen LogP contribution in [0.3, 0.4) is 0 Å². The van der Waals surface area contributed by atoms with E-state index < -0.39 is 0 Å². The van der Waals surface area contributed by atoms with Crippen LogP contribution in [0.5, 0.6) is 5.75 Å². The Morgan fingerprint density at radius 1 is 1.41 bits per heavy atom. The summed E-state index contributed by atoms with van der Waals surface area (Å²) in [6, 6.07) is 5.73. The van der Waals surface area contributed by atoms with E-state index in [1.807, 2.05) is 32.0 Å². The zero-order valence-electron chi connectivity index (χ0n) is 9.58. The van der Waals surface area contributed by atoms with Crippen molar-refractivity contribution in [1.82, 2.24) is 10.2 Å². The van der Waals surface area contributed by atoms with Crippen molar-refractivity contribution in [3.05, 3.63) is 23.7 Å². The first-order valence-corrected chi connectivity index (χ1v) is 6.85. The second kappa shape index (κ2) is 5.37. The number of benzene rings is 1. The molecule has 1 aromatic heterocycles. The Morgan fingerprint density at radius 2 is 2.24 bits per heavy atom. The third-order valence-corrected chi connectivity index (χ3v) is 3.66. The molecule has 0 spiro atoms. The zero-order chi connectivity index (χ0) is 12.3. The molecule has 0 saturated carbocycles. The number of aromatic nitrogens is 2. The molecule has 0 saturated heterocycles. The zero-order valence-corrected chi connectivity index (χ0v) is 11.2. The number of rotatable bonds is 4. The van der Waals surface area contributed by atoms with Crippen molar-refractivity contribution in [2.24, 2.45) is 0 Å². The summed E-state index contributed by atoms with van der Waals surface area (Å²) in [6.45, 7) is 3.95. The largest absolute Gasteiger partial charge is 0.489 e. The van der Waals surface area contributed by atoms with Crippen molar-refractivity contribution in [3.8, 4) is 5.75 Å². The van der Waals surface area contributed by atoms with Crippen molar-refractivity contribution in [2.75, 3.05) is 5.73 Å². The lowest BCUT2D eigenvalue weighted by Gasteiger charge is -2.12. The smallest absolute Gasteiger partial charge is 0.178 e. The minimum Gasteiger partial charge on any atom is -0.489 e. The second-order valence-corrected chi connectivity index (χ2v) is 5.83. The van der Waals surface area contributed by atoms with Gasteiger partial charge in [0.15, 0.2) is 4.34 Å². The Kier molecular flexibility index (Phi) is 3.86. The van der Waals surface area contributed by atoms with Gasteiger partial charge in [0.25, 0.3) is 0 Å². The van der Waals surface area contributed by atoms with Gasteiger partial charge in [0.05, 0.1) is 11.8 Å². The molecule has 0 atom stereocenters. The maximum absolute atomic E-state index is 5.85. The number of nitrogens with two attached hydrogens (primary N) is 1. The number of nitrogens with zero attached hydrogens (tertiary/aromatic N) is 2. The molecule has 0 amide bonds. The molecule has 0 aliphatic carbocycles. The van der Waals surface area contributed by atoms with Gasteiger partial charge in [0.1, 0.15) is 11.3 Å². The van der Waals surface area contributed by atoms with E-state index in [-0.39, 0.29) is 6.10 Å². The topological polar surface area (TPSA) is 61.0 Å². The molecule has 0 aliphatic heterocycles. The van der Waals surface area contributed by atoms with Crippen molar-refractivity contribution in [1.29, 1.82) is 0 Å². The Morgan fingerprint density at radius 3 is 2.88 bits per heavy atom. The van der Waals surface area contributed by atoms with Gasteiger partial charge in [-0.3, -0.25) is 0 Å². The van der Waals surface area contributed by atoms with Gasteiger partial charge in [0.2, 0.25) is 0 Å². The lowest BCUT2D eigenvalue weighted by Crippen LogP contribution is -2.07. The van der Waals surface area contributed by atoms with Crippen LogP contribution >= 0.6 is 23.1 Å². The molecule has 4 nitrogen and oxygen atoms in total. The van der Waals surface area contributed by atoms with Gasteiger partial charge < -0.3 is 10.5 Å². The number of nitrogen functional groups attached to an aromatic ring is 1. The normalized spacial score (nSPS) is 10.8. The fraction of sp³-hybridized carbons (Fsp3) is 0.273. The molecule has 0 aliphatic rings. The minimum atomic E-state index is 0.110. The molecule has 0 fully saturated rings. The van der Waals surface area contributed by atoms with Crippen LogP contribution in [0.1, 0.15) is 13.8 Å². The van der Waals surface area contributed by atoms with Crippen LogP contribution in [0.15, 0.2) is 32.9 Å². The van der Waals surface area contributed by atoms with Crippen LogP contribution in [-0.4, -0.2) is 16.3 Å². The minimum absolute atomic E-state index is 0.110. The van der Waals surface area contributed by atoms with Crippen LogP contribution in [0, 0.1) is 0 Å². The van der Waals surface area contributed by atoms with Gasteiger partial charge in [-0.05, 0) is 32.0 Å². The van der Waals surface area contributed by atoms with Crippen LogP contribution in [0.2, 0.25) is 0 Å². The second-order valence-electron chi connectivity index (χ2n) is 3.67. The molecule has 1 aromatic carbocycles. The first-order valence-electron chi connectivity index (χ1n) is 5.15. The van der Waals surface area contributed by atoms with Crippen molar-refractivity contribution < 1.29 is 4.74 Å². The highest BCUT2D eigenvalue weighted by Crippen LogP contribution is 2.33. The monoisotopic (exact) mass is 267 g/mol. The quantitative estimate of drug-likeness (QED) is 0.863. The highest BCUT2D eigenvalue weighted by atomic mass is 32.2. The molecular formula is C11H13N3OS2. The first kappa shape index (κ1) is 12.2. The summed E-state index contributed by atoms with van der Waals surface area (Å²) in [7, 11) is 0. The summed E-state index contributed by atoms with van der Waals surface area (Å²) < 4.78 is 6.54. The average molecular weight is 267 g/mol. The van der Waals surface area contributed by atoms with Crippen molar-refractivity contribution in [3.63, 3.8) is 0 Å². The summed E-state index contributed by atoms with van der Waals surface area (Å²) in [5.41, 5.74) is 8.22. The summed E-state index contributed by atoms with van der Waals surface area (Å²) in [6.07, 6.45) is 0.110. The van der Waals surface area contributed by atoms with Crippen molar-refractivity contribution >= 4 is 28.8 Å². The summed E-state index contributed by atoms with van der Waals surface area (Å²) in [5, 5.41) is 7.78. The van der Waals surface area contributed by atoms with E-state index in [0.717, 1.165) is 15.0 Å². The number of hydrogen-bond donors (Lipinski definition) is 1. The van der Waals surface area contributed by atoms with Gasteiger partial charge in [-0.25, -0.2) is 0 Å². The molecule has 0 bridgehead atoms. The van der Waals surface area contributed by atoms with Crippen molar-refractivity contribution in [2.45, 2.75) is 29.2 Å². The molecule has 0 unspecified atom stereocenters. The predicted octanol–water partition coefficient (Wildman–Crippen LogP) is 3.06. The maximum atomic E-state index is 5.85. The molecule has 2 rings (SSSR count). The first-order chi connectivity index (χ1) is 8.15. The fourth-order valence-corrected chi connectivity index (χ4v) is 2.72. The van der Waals surface area contributed by atoms with E-state index >= 15 is 0 Å². The molecule has 2 aromatic rings. The number of hydrogen-bond acceptors (Lipinski definition) is 6. The molecule has 2 N–H and O–H groups in total. The van der Waals surface area contributed by atoms with E-state index in [9.17, 15) is 0 Å². The van der Waals surface area contributed by atoms with E-state index in [0.29, 0.717) is 5.69 Å². The lowest BCUT2D eigenvalue weighted by atomic mass is 10.3. The molecular weight excluding hydrogens is 254 g/mol. The lowest BCUT2D eigenvalue weighted by molar-refractivity contribution is 0.243. The van der Waals surface area contributed by atoms with E-state index in [1.165, 1.54) is 11.3 Å². The SMILES string of the molecule is CC(C)Oc1cc(Sc2nncs2)ccc1N. The number of anilines is 1. The third-order valence-electron chi connectivity index (χ3n) is 1.89. The Labute approximate surface area is 108 Å². The Bertz CT molecular complexity index is 485. The summed E-state index contributed by atoms with van der Waals surface area (Å²) >= 11 is 3.06. The maximum Gasteiger partial charge on any atom is 0.178 e. The van der Waals surface area contributed by atoms with Gasteiger partial charge >= 0.3 is 0 Å². The number of ether oxygens (including phenoxy) is 1. The summed E-state index contributed by atoms with van der Waals surface area (Å²) in [4.78, 5) is 1.05. The van der Waals surface area contributed by atoms with Gasteiger partial charge in [-0.15, -0.1) is 10.2 Å². The van der Waals surface area contributed by atoms with Crippen LogP contribution < -0.4 is 10.5 Å². The highest BCUT2D eigenvalue weighted by molar-refractivity contribution is 8.01. The van der Waals surface area contributed by atoms with E-state index in [4.69, 9.17) is 10.5 Å². The fourth-order valence-electron chi connectivity index (χ4n) is 1.24. The highest BCUT2D eigenvalue weighted by Gasteiger charge is 2.07. The van der Waals surface area contributed by atoms with Crippen LogP contribution in [0.4, 0.5) is 5.69 Å². The predicted molar refractivity (Wildman–Crippen MR) is 70.7 cm³/mol.